The molecule has 7 heteroatoms. The lowest BCUT2D eigenvalue weighted by Gasteiger charge is -2.07. The predicted octanol–water partition coefficient (Wildman–Crippen LogP) is 3.98. The largest absolute Gasteiger partial charge is 0.425 e. The van der Waals surface area contributed by atoms with Crippen LogP contribution in [-0.2, 0) is 11.3 Å². The first-order valence-electron chi connectivity index (χ1n) is 7.43. The molecule has 25 heavy (non-hydrogen) atoms. The van der Waals surface area contributed by atoms with Crippen LogP contribution in [-0.4, -0.2) is 15.5 Å². The first-order chi connectivity index (χ1) is 12.1. The topological polar surface area (TPSA) is 61.2 Å². The van der Waals surface area contributed by atoms with Crippen LogP contribution < -0.4 is 10.3 Å². The third-order valence-corrected chi connectivity index (χ3v) is 5.07. The van der Waals surface area contributed by atoms with Gasteiger partial charge in [0.2, 0.25) is 0 Å². The number of esters is 1. The molecule has 0 aliphatic rings. The number of ether oxygens (including phenoxy) is 1. The number of thiophene rings is 1. The molecular weight excluding hydrogens is 404 g/mol. The van der Waals surface area contributed by atoms with Crippen molar-refractivity contribution in [3.05, 3.63) is 69.0 Å². The van der Waals surface area contributed by atoms with Crippen molar-refractivity contribution in [2.45, 2.75) is 6.54 Å². The molecule has 0 radical (unpaired) electrons. The van der Waals surface area contributed by atoms with E-state index in [4.69, 9.17) is 4.74 Å². The Bertz CT molecular complexity index is 1170. The van der Waals surface area contributed by atoms with Gasteiger partial charge in [-0.25, -0.2) is 9.78 Å². The average Bonchev–Trinajstić information content (AvgIpc) is 3.07. The highest BCUT2D eigenvalue weighted by atomic mass is 79.9. The normalized spacial score (nSPS) is 11.1. The van der Waals surface area contributed by atoms with Crippen molar-refractivity contribution in [3.63, 3.8) is 0 Å². The van der Waals surface area contributed by atoms with Gasteiger partial charge in [0.25, 0.3) is 5.56 Å². The molecule has 0 N–H and O–H groups in total. The Morgan fingerprint density at radius 2 is 1.96 bits per heavy atom. The van der Waals surface area contributed by atoms with E-state index in [1.54, 1.807) is 23.6 Å². The number of rotatable bonds is 3. The van der Waals surface area contributed by atoms with E-state index in [9.17, 15) is 9.59 Å². The molecule has 4 rings (SSSR count). The van der Waals surface area contributed by atoms with Crippen LogP contribution in [0.25, 0.3) is 21.0 Å². The fourth-order valence-corrected chi connectivity index (χ4v) is 3.67. The highest BCUT2D eigenvalue weighted by Gasteiger charge is 2.11. The van der Waals surface area contributed by atoms with Crippen molar-refractivity contribution in [2.24, 2.45) is 0 Å². The molecule has 0 saturated heterocycles. The van der Waals surface area contributed by atoms with E-state index in [2.05, 4.69) is 20.9 Å². The van der Waals surface area contributed by atoms with Gasteiger partial charge in [0, 0.05) is 4.47 Å². The number of halogens is 1. The van der Waals surface area contributed by atoms with E-state index in [-0.39, 0.29) is 12.1 Å². The Kier molecular flexibility index (Phi) is 4.10. The van der Waals surface area contributed by atoms with E-state index < -0.39 is 5.97 Å². The summed E-state index contributed by atoms with van der Waals surface area (Å²) >= 11 is 4.82. The van der Waals surface area contributed by atoms with Gasteiger partial charge in [-0.2, -0.15) is 0 Å². The summed E-state index contributed by atoms with van der Waals surface area (Å²) in [5.74, 6) is -0.0765. The van der Waals surface area contributed by atoms with Gasteiger partial charge < -0.3 is 4.74 Å². The van der Waals surface area contributed by atoms with E-state index in [1.807, 2.05) is 24.3 Å². The predicted molar refractivity (Wildman–Crippen MR) is 101 cm³/mol. The number of hydrogen-bond donors (Lipinski definition) is 0. The zero-order valence-electron chi connectivity index (χ0n) is 12.8. The summed E-state index contributed by atoms with van der Waals surface area (Å²) in [6, 6.07) is 13.0. The molecule has 0 unspecified atom stereocenters. The average molecular weight is 415 g/mol. The standard InChI is InChI=1S/C18H11BrN2O3S/c19-13-3-1-12-8-14(4-2-11(12)7-13)24-16(22)9-21-10-20-17-15(18(21)23)5-6-25-17/h1-8,10H,9H2. The number of carbonyl (C=O) groups is 1. The van der Waals surface area contributed by atoms with Gasteiger partial charge in [-0.05, 0) is 46.5 Å². The van der Waals surface area contributed by atoms with Crippen LogP contribution in [0.2, 0.25) is 0 Å². The van der Waals surface area contributed by atoms with Crippen LogP contribution in [0.4, 0.5) is 0 Å². The highest BCUT2D eigenvalue weighted by Crippen LogP contribution is 2.24. The zero-order valence-corrected chi connectivity index (χ0v) is 15.2. The zero-order chi connectivity index (χ0) is 17.4. The molecule has 0 aliphatic carbocycles. The van der Waals surface area contributed by atoms with E-state index in [1.165, 1.54) is 22.2 Å². The lowest BCUT2D eigenvalue weighted by molar-refractivity contribution is -0.135. The van der Waals surface area contributed by atoms with Crippen LogP contribution in [0.5, 0.6) is 5.75 Å². The maximum Gasteiger partial charge on any atom is 0.331 e. The van der Waals surface area contributed by atoms with E-state index >= 15 is 0 Å². The number of hydrogen-bond acceptors (Lipinski definition) is 5. The summed E-state index contributed by atoms with van der Waals surface area (Å²) in [5.41, 5.74) is -0.244. The number of benzene rings is 2. The first kappa shape index (κ1) is 16.0. The minimum absolute atomic E-state index is 0.185. The molecule has 0 fully saturated rings. The molecule has 2 heterocycles. The number of carbonyl (C=O) groups excluding carboxylic acids is 1. The molecule has 0 bridgehead atoms. The third kappa shape index (κ3) is 3.20. The minimum atomic E-state index is -0.519. The van der Waals surface area contributed by atoms with Crippen LogP contribution in [0.15, 0.2) is 63.4 Å². The maximum absolute atomic E-state index is 12.3. The summed E-state index contributed by atoms with van der Waals surface area (Å²) in [6.45, 7) is -0.185. The summed E-state index contributed by atoms with van der Waals surface area (Å²) in [4.78, 5) is 29.3. The van der Waals surface area contributed by atoms with Gasteiger partial charge in [0.1, 0.15) is 17.1 Å². The first-order valence-corrected chi connectivity index (χ1v) is 9.10. The van der Waals surface area contributed by atoms with Gasteiger partial charge in [-0.1, -0.05) is 28.1 Å². The molecule has 4 aromatic rings. The number of fused-ring (bicyclic) bond motifs is 2. The second-order valence-corrected chi connectivity index (χ2v) is 7.25. The molecule has 0 atom stereocenters. The van der Waals surface area contributed by atoms with Crippen molar-refractivity contribution in [1.29, 1.82) is 0 Å². The molecule has 5 nitrogen and oxygen atoms in total. The highest BCUT2D eigenvalue weighted by molar-refractivity contribution is 9.10. The molecule has 2 aromatic carbocycles. The quantitative estimate of drug-likeness (QED) is 0.375. The van der Waals surface area contributed by atoms with E-state index in [0.717, 1.165) is 15.2 Å². The van der Waals surface area contributed by atoms with Crippen LogP contribution in [0.1, 0.15) is 0 Å². The summed E-state index contributed by atoms with van der Waals surface area (Å²) in [6.07, 6.45) is 1.38. The lowest BCUT2D eigenvalue weighted by atomic mass is 10.1. The van der Waals surface area contributed by atoms with Gasteiger partial charge in [0.05, 0.1) is 11.7 Å². The summed E-state index contributed by atoms with van der Waals surface area (Å²) < 4.78 is 7.62. The summed E-state index contributed by atoms with van der Waals surface area (Å²) in [5, 5.41) is 4.32. The molecule has 0 aliphatic heterocycles. The van der Waals surface area contributed by atoms with Crippen molar-refractivity contribution in [1.82, 2.24) is 9.55 Å². The van der Waals surface area contributed by atoms with Gasteiger partial charge in [-0.3, -0.25) is 9.36 Å². The fourth-order valence-electron chi connectivity index (χ4n) is 2.57. The molecule has 0 amide bonds. The van der Waals surface area contributed by atoms with Crippen LogP contribution >= 0.6 is 27.3 Å². The van der Waals surface area contributed by atoms with Gasteiger partial charge in [-0.15, -0.1) is 11.3 Å². The van der Waals surface area contributed by atoms with Gasteiger partial charge >= 0.3 is 5.97 Å². The molecular formula is C18H11BrN2O3S. The smallest absolute Gasteiger partial charge is 0.331 e. The molecule has 0 saturated carbocycles. The van der Waals surface area contributed by atoms with Crippen LogP contribution in [0, 0.1) is 0 Å². The van der Waals surface area contributed by atoms with E-state index in [0.29, 0.717) is 16.0 Å². The monoisotopic (exact) mass is 414 g/mol. The Labute approximate surface area is 154 Å². The Balaban J connectivity index is 1.56. The van der Waals surface area contributed by atoms with Crippen molar-refractivity contribution >= 4 is 54.2 Å². The summed E-state index contributed by atoms with van der Waals surface area (Å²) in [7, 11) is 0. The third-order valence-electron chi connectivity index (χ3n) is 3.76. The Morgan fingerprint density at radius 3 is 2.84 bits per heavy atom. The second kappa shape index (κ2) is 6.42. The van der Waals surface area contributed by atoms with Crippen molar-refractivity contribution < 1.29 is 9.53 Å². The lowest BCUT2D eigenvalue weighted by Crippen LogP contribution is -2.26. The Morgan fingerprint density at radius 1 is 1.16 bits per heavy atom. The maximum atomic E-state index is 12.3. The SMILES string of the molecule is O=C(Cn1cnc2sccc2c1=O)Oc1ccc2cc(Br)ccc2c1. The van der Waals surface area contributed by atoms with Crippen molar-refractivity contribution in [2.75, 3.05) is 0 Å². The minimum Gasteiger partial charge on any atom is -0.425 e. The number of nitrogens with zero attached hydrogens (tertiary/aromatic N) is 2. The van der Waals surface area contributed by atoms with Crippen molar-refractivity contribution in [3.8, 4) is 5.75 Å². The second-order valence-electron chi connectivity index (χ2n) is 5.44. The Hall–Kier alpha value is -2.51. The molecule has 124 valence electrons. The molecule has 0 spiro atoms. The van der Waals surface area contributed by atoms with Crippen LogP contribution in [0.3, 0.4) is 0 Å². The number of aromatic nitrogens is 2. The fraction of sp³-hybridized carbons (Fsp3) is 0.0556. The van der Waals surface area contributed by atoms with Gasteiger partial charge in [0.15, 0.2) is 0 Å². The molecule has 2 aromatic heterocycles.